The third kappa shape index (κ3) is 2.61. The van der Waals surface area contributed by atoms with Gasteiger partial charge in [0.1, 0.15) is 5.52 Å². The number of halogens is 1. The lowest BCUT2D eigenvalue weighted by atomic mass is 10.2. The Morgan fingerprint density at radius 3 is 2.90 bits per heavy atom. The van der Waals surface area contributed by atoms with Gasteiger partial charge in [0, 0.05) is 0 Å². The van der Waals surface area contributed by atoms with E-state index in [-0.39, 0.29) is 17.8 Å². The van der Waals surface area contributed by atoms with E-state index in [1.807, 2.05) is 0 Å². The Balaban J connectivity index is 2.04. The Morgan fingerprint density at radius 2 is 2.14 bits per heavy atom. The van der Waals surface area contributed by atoms with Crippen LogP contribution in [0.3, 0.4) is 0 Å². The molecule has 3 aromatic rings. The predicted molar refractivity (Wildman–Crippen MR) is 75.7 cm³/mol. The molecule has 2 aromatic heterocycles. The lowest BCUT2D eigenvalue weighted by molar-refractivity contribution is 0.280. The van der Waals surface area contributed by atoms with Gasteiger partial charge in [-0.3, -0.25) is 0 Å². The van der Waals surface area contributed by atoms with Crippen LogP contribution in [-0.2, 0) is 6.61 Å². The van der Waals surface area contributed by atoms with Gasteiger partial charge in [-0.05, 0) is 29.3 Å². The molecule has 21 heavy (non-hydrogen) atoms. The predicted octanol–water partition coefficient (Wildman–Crippen LogP) is 2.30. The van der Waals surface area contributed by atoms with Crippen molar-refractivity contribution in [3.63, 3.8) is 0 Å². The molecule has 0 aliphatic heterocycles. The van der Waals surface area contributed by atoms with Crippen molar-refractivity contribution in [2.24, 2.45) is 0 Å². The monoisotopic (exact) mass is 306 g/mol. The van der Waals surface area contributed by atoms with Gasteiger partial charge in [0.05, 0.1) is 20.0 Å². The van der Waals surface area contributed by atoms with E-state index < -0.39 is 0 Å². The number of rotatable bonds is 4. The van der Waals surface area contributed by atoms with Gasteiger partial charge >= 0.3 is 0 Å². The molecule has 108 valence electrons. The molecule has 0 fully saturated rings. The molecule has 0 saturated heterocycles. The largest absolute Gasteiger partial charge is 0.493 e. The number of fused-ring (bicyclic) bond motifs is 1. The molecule has 0 unspecified atom stereocenters. The highest BCUT2D eigenvalue weighted by molar-refractivity contribution is 6.28. The number of aliphatic hydroxyl groups is 1. The molecule has 0 aliphatic rings. The third-order valence-corrected chi connectivity index (χ3v) is 3.01. The first kappa shape index (κ1) is 13.6. The molecule has 0 radical (unpaired) electrons. The summed E-state index contributed by atoms with van der Waals surface area (Å²) in [6.07, 6.45) is 1.48. The summed E-state index contributed by atoms with van der Waals surface area (Å²) in [5.74, 6) is 1.17. The minimum absolute atomic E-state index is 0.0375. The van der Waals surface area contributed by atoms with Crippen LogP contribution in [0.2, 0.25) is 5.28 Å². The van der Waals surface area contributed by atoms with Crippen molar-refractivity contribution in [3.8, 4) is 17.4 Å². The number of imidazole rings is 1. The second-order valence-electron chi connectivity index (χ2n) is 4.14. The molecule has 0 aliphatic carbocycles. The van der Waals surface area contributed by atoms with Crippen LogP contribution in [0.15, 0.2) is 24.5 Å². The molecular formula is C13H11ClN4O3. The maximum Gasteiger partial charge on any atom is 0.250 e. The zero-order valence-electron chi connectivity index (χ0n) is 11.0. The van der Waals surface area contributed by atoms with E-state index in [1.54, 1.807) is 18.2 Å². The first-order valence-corrected chi connectivity index (χ1v) is 6.41. The van der Waals surface area contributed by atoms with Crippen LogP contribution >= 0.6 is 11.6 Å². The minimum atomic E-state index is -0.0826. The minimum Gasteiger partial charge on any atom is -0.493 e. The SMILES string of the molecule is COc1cc(CO)ccc1Oc1nc(Cl)nc2nc[nH]c12. The molecule has 1 aromatic carbocycles. The van der Waals surface area contributed by atoms with Crippen LogP contribution in [0.1, 0.15) is 5.56 Å². The quantitative estimate of drug-likeness (QED) is 0.718. The number of aromatic nitrogens is 4. The van der Waals surface area contributed by atoms with Crippen molar-refractivity contribution in [2.45, 2.75) is 6.61 Å². The summed E-state index contributed by atoms with van der Waals surface area (Å²) in [7, 11) is 1.52. The Kier molecular flexibility index (Phi) is 3.59. The highest BCUT2D eigenvalue weighted by Gasteiger charge is 2.14. The van der Waals surface area contributed by atoms with Crippen LogP contribution in [0.25, 0.3) is 11.2 Å². The average Bonchev–Trinajstić information content (AvgIpc) is 2.96. The number of aliphatic hydroxyl groups excluding tert-OH is 1. The molecule has 0 saturated carbocycles. The third-order valence-electron chi connectivity index (χ3n) is 2.84. The standard InChI is InChI=1S/C13H11ClN4O3/c1-20-9-4-7(5-19)2-3-8(9)21-12-10-11(16-6-15-10)17-13(14)18-12/h2-4,6,19H,5H2,1H3,(H,15,16,17,18). The number of nitrogens with zero attached hydrogens (tertiary/aromatic N) is 3. The second-order valence-corrected chi connectivity index (χ2v) is 4.48. The fourth-order valence-electron chi connectivity index (χ4n) is 1.85. The summed E-state index contributed by atoms with van der Waals surface area (Å²) in [5.41, 5.74) is 1.66. The van der Waals surface area contributed by atoms with E-state index in [2.05, 4.69) is 19.9 Å². The average molecular weight is 307 g/mol. The highest BCUT2D eigenvalue weighted by Crippen LogP contribution is 2.34. The van der Waals surface area contributed by atoms with Gasteiger partial charge < -0.3 is 19.6 Å². The fraction of sp³-hybridized carbons (Fsp3) is 0.154. The molecular weight excluding hydrogens is 296 g/mol. The van der Waals surface area contributed by atoms with Crippen molar-refractivity contribution in [3.05, 3.63) is 35.4 Å². The Morgan fingerprint density at radius 1 is 1.29 bits per heavy atom. The van der Waals surface area contributed by atoms with Gasteiger partial charge in [0.15, 0.2) is 17.1 Å². The number of hydrogen-bond donors (Lipinski definition) is 2. The van der Waals surface area contributed by atoms with Gasteiger partial charge in [-0.25, -0.2) is 4.98 Å². The Labute approximate surface area is 124 Å². The van der Waals surface area contributed by atoms with Crippen LogP contribution in [0.5, 0.6) is 17.4 Å². The number of hydrogen-bond acceptors (Lipinski definition) is 6. The smallest absolute Gasteiger partial charge is 0.250 e. The first-order valence-electron chi connectivity index (χ1n) is 6.03. The fourth-order valence-corrected chi connectivity index (χ4v) is 2.01. The summed E-state index contributed by atoms with van der Waals surface area (Å²) in [6.45, 7) is -0.0826. The molecule has 3 rings (SSSR count). The zero-order chi connectivity index (χ0) is 14.8. The van der Waals surface area contributed by atoms with E-state index in [0.29, 0.717) is 28.2 Å². The lowest BCUT2D eigenvalue weighted by Gasteiger charge is -2.11. The summed E-state index contributed by atoms with van der Waals surface area (Å²) in [6, 6.07) is 5.09. The second kappa shape index (κ2) is 5.55. The van der Waals surface area contributed by atoms with E-state index in [0.717, 1.165) is 0 Å². The molecule has 0 bridgehead atoms. The maximum atomic E-state index is 9.14. The maximum absolute atomic E-state index is 9.14. The molecule has 7 nitrogen and oxygen atoms in total. The van der Waals surface area contributed by atoms with Crippen LogP contribution in [-0.4, -0.2) is 32.2 Å². The zero-order valence-corrected chi connectivity index (χ0v) is 11.8. The van der Waals surface area contributed by atoms with Gasteiger partial charge in [-0.15, -0.1) is 0 Å². The number of H-pyrrole nitrogens is 1. The highest BCUT2D eigenvalue weighted by atomic mass is 35.5. The molecule has 0 amide bonds. The molecule has 0 spiro atoms. The molecule has 0 atom stereocenters. The Bertz CT molecular complexity index is 790. The van der Waals surface area contributed by atoms with Gasteiger partial charge in [0.2, 0.25) is 11.2 Å². The van der Waals surface area contributed by atoms with Crippen molar-refractivity contribution in [1.29, 1.82) is 0 Å². The molecule has 2 N–H and O–H groups in total. The normalized spacial score (nSPS) is 10.8. The van der Waals surface area contributed by atoms with E-state index in [1.165, 1.54) is 13.4 Å². The van der Waals surface area contributed by atoms with E-state index >= 15 is 0 Å². The van der Waals surface area contributed by atoms with Crippen molar-refractivity contribution < 1.29 is 14.6 Å². The van der Waals surface area contributed by atoms with Gasteiger partial charge in [-0.2, -0.15) is 9.97 Å². The topological polar surface area (TPSA) is 93.2 Å². The Hall–Kier alpha value is -2.38. The summed E-state index contributed by atoms with van der Waals surface area (Å²) in [5, 5.41) is 9.18. The molecule has 8 heteroatoms. The van der Waals surface area contributed by atoms with Crippen LogP contribution < -0.4 is 9.47 Å². The van der Waals surface area contributed by atoms with Gasteiger partial charge in [0.25, 0.3) is 0 Å². The number of methoxy groups -OCH3 is 1. The van der Waals surface area contributed by atoms with Crippen LogP contribution in [0.4, 0.5) is 0 Å². The van der Waals surface area contributed by atoms with Crippen molar-refractivity contribution in [1.82, 2.24) is 19.9 Å². The molecule has 2 heterocycles. The number of nitrogens with one attached hydrogen (secondary N) is 1. The summed E-state index contributed by atoms with van der Waals surface area (Å²) < 4.78 is 11.0. The van der Waals surface area contributed by atoms with E-state index in [4.69, 9.17) is 26.2 Å². The lowest BCUT2D eigenvalue weighted by Crippen LogP contribution is -1.96. The first-order chi connectivity index (χ1) is 10.2. The van der Waals surface area contributed by atoms with Crippen molar-refractivity contribution in [2.75, 3.05) is 7.11 Å². The van der Waals surface area contributed by atoms with Gasteiger partial charge in [-0.1, -0.05) is 6.07 Å². The van der Waals surface area contributed by atoms with Crippen molar-refractivity contribution >= 4 is 22.8 Å². The van der Waals surface area contributed by atoms with Crippen LogP contribution in [0, 0.1) is 0 Å². The summed E-state index contributed by atoms with van der Waals surface area (Å²) in [4.78, 5) is 14.9. The number of aromatic amines is 1. The van der Waals surface area contributed by atoms with E-state index in [9.17, 15) is 0 Å². The summed E-state index contributed by atoms with van der Waals surface area (Å²) >= 11 is 5.85. The number of ether oxygens (including phenoxy) is 2. The number of benzene rings is 1.